The molecule has 2 amide bonds. The summed E-state index contributed by atoms with van der Waals surface area (Å²) in [6.45, 7) is 13.0. The first-order chi connectivity index (χ1) is 24.8. The third-order valence-corrected chi connectivity index (χ3v) is 9.03. The fourth-order valence-corrected chi connectivity index (χ4v) is 6.28. The Bertz CT molecular complexity index is 1750. The average molecular weight is 695 g/mol. The summed E-state index contributed by atoms with van der Waals surface area (Å²) in [4.78, 5) is 41.9. The van der Waals surface area contributed by atoms with E-state index in [1.54, 1.807) is 29.3 Å². The van der Waals surface area contributed by atoms with E-state index < -0.39 is 6.09 Å². The van der Waals surface area contributed by atoms with Gasteiger partial charge in [0.2, 0.25) is 11.9 Å². The van der Waals surface area contributed by atoms with E-state index in [0.717, 1.165) is 41.1 Å². The molecule has 0 spiro atoms. The summed E-state index contributed by atoms with van der Waals surface area (Å²) in [5, 5.41) is 3.26. The topological polar surface area (TPSA) is 109 Å². The van der Waals surface area contributed by atoms with Crippen LogP contribution in [0.15, 0.2) is 72.9 Å². The monoisotopic (exact) mass is 694 g/mol. The highest BCUT2D eigenvalue weighted by atomic mass is 16.6. The van der Waals surface area contributed by atoms with Gasteiger partial charge in [-0.1, -0.05) is 36.8 Å². The number of nitrogens with zero attached hydrogens (tertiary/aromatic N) is 5. The SMILES string of the molecule is CCN(CC)C(=O)Cc1ccc(N(C(=O)Oc2c(C)cccc2C)c2ccnc(Nc3cccc(OCCCN4CCCCC4)c3)n2)c(OC)c1. The Morgan fingerprint density at radius 3 is 2.39 bits per heavy atom. The van der Waals surface area contributed by atoms with Gasteiger partial charge in [0.25, 0.3) is 0 Å². The molecule has 11 heteroatoms. The minimum Gasteiger partial charge on any atom is -0.495 e. The molecule has 1 aliphatic rings. The molecule has 2 heterocycles. The number of aryl methyl sites for hydroxylation is 2. The molecule has 4 aromatic rings. The molecule has 51 heavy (non-hydrogen) atoms. The molecule has 0 unspecified atom stereocenters. The molecule has 1 aliphatic heterocycles. The number of hydrogen-bond donors (Lipinski definition) is 1. The van der Waals surface area contributed by atoms with Gasteiger partial charge < -0.3 is 29.3 Å². The van der Waals surface area contributed by atoms with Crippen LogP contribution in [0, 0.1) is 13.8 Å². The molecular weight excluding hydrogens is 644 g/mol. The van der Waals surface area contributed by atoms with Crippen molar-refractivity contribution < 1.29 is 23.8 Å². The van der Waals surface area contributed by atoms with Crippen LogP contribution in [0.3, 0.4) is 0 Å². The van der Waals surface area contributed by atoms with Crippen LogP contribution in [0.1, 0.15) is 56.2 Å². The highest BCUT2D eigenvalue weighted by Crippen LogP contribution is 2.36. The van der Waals surface area contributed by atoms with Crippen LogP contribution in [-0.2, 0) is 11.2 Å². The van der Waals surface area contributed by atoms with Crippen LogP contribution in [0.2, 0.25) is 0 Å². The van der Waals surface area contributed by atoms with E-state index in [0.29, 0.717) is 36.9 Å². The predicted molar refractivity (Wildman–Crippen MR) is 201 cm³/mol. The molecule has 1 N–H and O–H groups in total. The first-order valence-electron chi connectivity index (χ1n) is 17.9. The lowest BCUT2D eigenvalue weighted by Crippen LogP contribution is -2.32. The second-order valence-electron chi connectivity index (χ2n) is 12.7. The number of carbonyl (C=O) groups excluding carboxylic acids is 2. The van der Waals surface area contributed by atoms with Gasteiger partial charge in [-0.2, -0.15) is 4.98 Å². The lowest BCUT2D eigenvalue weighted by molar-refractivity contribution is -0.130. The van der Waals surface area contributed by atoms with E-state index in [-0.39, 0.29) is 24.1 Å². The Balaban J connectivity index is 1.39. The summed E-state index contributed by atoms with van der Waals surface area (Å²) in [5.41, 5.74) is 3.54. The maximum absolute atomic E-state index is 14.1. The van der Waals surface area contributed by atoms with Crippen molar-refractivity contribution in [3.63, 3.8) is 0 Å². The van der Waals surface area contributed by atoms with Crippen LogP contribution in [0.5, 0.6) is 17.2 Å². The quantitative estimate of drug-likeness (QED) is 0.125. The molecule has 3 aromatic carbocycles. The number of hydrogen-bond acceptors (Lipinski definition) is 9. The molecule has 1 fully saturated rings. The number of aromatic nitrogens is 2. The van der Waals surface area contributed by atoms with Crippen molar-refractivity contribution in [1.82, 2.24) is 19.8 Å². The zero-order valence-electron chi connectivity index (χ0n) is 30.5. The molecule has 11 nitrogen and oxygen atoms in total. The van der Waals surface area contributed by atoms with Crippen LogP contribution in [0.4, 0.5) is 27.9 Å². The van der Waals surface area contributed by atoms with E-state index in [4.69, 9.17) is 19.2 Å². The standard InChI is InChI=1S/C40H50N6O5/c1-6-45(7-2)37(47)27-31-18-19-34(35(26-31)49-5)46(40(48)51-38-29(3)14-11-15-30(38)4)36-20-21-41-39(43-36)42-32-16-12-17-33(28-32)50-25-13-24-44-22-9-8-10-23-44/h11-12,14-21,26,28H,6-10,13,22-25,27H2,1-5H3,(H,41,42,43). The summed E-state index contributed by atoms with van der Waals surface area (Å²) >= 11 is 0. The van der Waals surface area contributed by atoms with Gasteiger partial charge >= 0.3 is 6.09 Å². The van der Waals surface area contributed by atoms with Gasteiger partial charge in [-0.15, -0.1) is 0 Å². The molecule has 0 saturated carbocycles. The number of anilines is 4. The Morgan fingerprint density at radius 2 is 1.67 bits per heavy atom. The van der Waals surface area contributed by atoms with Crippen molar-refractivity contribution in [2.24, 2.45) is 0 Å². The van der Waals surface area contributed by atoms with Crippen molar-refractivity contribution in [3.8, 4) is 17.2 Å². The number of likely N-dealkylation sites (N-methyl/N-ethyl adjacent to an activating group) is 1. The third kappa shape index (κ3) is 9.97. The van der Waals surface area contributed by atoms with Crippen LogP contribution in [0.25, 0.3) is 0 Å². The van der Waals surface area contributed by atoms with Gasteiger partial charge in [0.15, 0.2) is 0 Å². The van der Waals surface area contributed by atoms with Crippen molar-refractivity contribution in [2.45, 2.75) is 59.8 Å². The Hall–Kier alpha value is -5.16. The minimum atomic E-state index is -0.678. The largest absolute Gasteiger partial charge is 0.495 e. The molecule has 5 rings (SSSR count). The number of ether oxygens (including phenoxy) is 3. The number of likely N-dealkylation sites (tertiary alicyclic amines) is 1. The summed E-state index contributed by atoms with van der Waals surface area (Å²) in [7, 11) is 1.53. The van der Waals surface area contributed by atoms with Crippen LogP contribution in [-0.4, -0.2) is 78.2 Å². The van der Waals surface area contributed by atoms with Crippen LogP contribution < -0.4 is 24.4 Å². The predicted octanol–water partition coefficient (Wildman–Crippen LogP) is 7.85. The van der Waals surface area contributed by atoms with Gasteiger partial charge in [0, 0.05) is 43.7 Å². The number of nitrogens with one attached hydrogen (secondary N) is 1. The fraction of sp³-hybridized carbons (Fsp3) is 0.400. The summed E-state index contributed by atoms with van der Waals surface area (Å²) in [5.74, 6) is 2.15. The number of benzene rings is 3. The Morgan fingerprint density at radius 1 is 0.922 bits per heavy atom. The van der Waals surface area contributed by atoms with Crippen molar-refractivity contribution >= 4 is 35.1 Å². The van der Waals surface area contributed by atoms with E-state index in [9.17, 15) is 9.59 Å². The highest BCUT2D eigenvalue weighted by Gasteiger charge is 2.27. The maximum Gasteiger partial charge on any atom is 0.425 e. The number of rotatable bonds is 15. The molecule has 1 aromatic heterocycles. The van der Waals surface area contributed by atoms with E-state index in [1.807, 2.05) is 76.2 Å². The number of piperidine rings is 1. The second kappa shape index (κ2) is 18.2. The zero-order chi connectivity index (χ0) is 36.2. The third-order valence-electron chi connectivity index (χ3n) is 9.03. The van der Waals surface area contributed by atoms with Gasteiger partial charge in [-0.25, -0.2) is 14.7 Å². The van der Waals surface area contributed by atoms with E-state index >= 15 is 0 Å². The zero-order valence-corrected chi connectivity index (χ0v) is 30.5. The molecule has 0 aliphatic carbocycles. The molecular formula is C40H50N6O5. The summed E-state index contributed by atoms with van der Waals surface area (Å²) in [6, 6.07) is 20.3. The Kier molecular flexibility index (Phi) is 13.2. The smallest absolute Gasteiger partial charge is 0.425 e. The highest BCUT2D eigenvalue weighted by molar-refractivity contribution is 5.98. The molecule has 1 saturated heterocycles. The molecule has 270 valence electrons. The second-order valence-corrected chi connectivity index (χ2v) is 12.7. The molecule has 0 radical (unpaired) electrons. The summed E-state index contributed by atoms with van der Waals surface area (Å²) in [6.07, 6.45) is 5.96. The number of carbonyl (C=O) groups is 2. The fourth-order valence-electron chi connectivity index (χ4n) is 6.28. The van der Waals surface area contributed by atoms with Gasteiger partial charge in [-0.05, 0) is 101 Å². The minimum absolute atomic E-state index is 0.0135. The number of methoxy groups -OCH3 is 1. The lowest BCUT2D eigenvalue weighted by atomic mass is 10.1. The van der Waals surface area contributed by atoms with E-state index in [2.05, 4.69) is 15.2 Å². The Labute approximate surface area is 301 Å². The van der Waals surface area contributed by atoms with Gasteiger partial charge in [-0.3, -0.25) is 4.79 Å². The number of amides is 2. The first kappa shape index (κ1) is 37.1. The lowest BCUT2D eigenvalue weighted by Gasteiger charge is -2.26. The summed E-state index contributed by atoms with van der Waals surface area (Å²) < 4.78 is 17.9. The normalized spacial score (nSPS) is 13.0. The van der Waals surface area contributed by atoms with Crippen LogP contribution >= 0.6 is 0 Å². The first-order valence-corrected chi connectivity index (χ1v) is 17.9. The van der Waals surface area contributed by atoms with Crippen molar-refractivity contribution in [3.05, 3.63) is 89.6 Å². The van der Waals surface area contributed by atoms with Crippen molar-refractivity contribution in [2.75, 3.05) is 56.7 Å². The average Bonchev–Trinajstić information content (AvgIpc) is 3.13. The molecule has 0 atom stereocenters. The molecule has 0 bridgehead atoms. The van der Waals surface area contributed by atoms with Crippen molar-refractivity contribution in [1.29, 1.82) is 0 Å². The van der Waals surface area contributed by atoms with Gasteiger partial charge in [0.1, 0.15) is 23.1 Å². The van der Waals surface area contributed by atoms with E-state index in [1.165, 1.54) is 44.4 Å². The maximum atomic E-state index is 14.1. The van der Waals surface area contributed by atoms with Gasteiger partial charge in [0.05, 0.1) is 25.8 Å². The number of para-hydroxylation sites is 1.